The van der Waals surface area contributed by atoms with E-state index >= 15 is 0 Å². The predicted octanol–water partition coefficient (Wildman–Crippen LogP) is 3.47. The van der Waals surface area contributed by atoms with E-state index < -0.39 is 0 Å². The molecule has 2 nitrogen and oxygen atoms in total. The van der Waals surface area contributed by atoms with Crippen LogP contribution >= 0.6 is 11.8 Å². The summed E-state index contributed by atoms with van der Waals surface area (Å²) in [6.45, 7) is 8.92. The number of piperidine rings is 1. The van der Waals surface area contributed by atoms with Gasteiger partial charge in [-0.2, -0.15) is 11.8 Å². The molecule has 0 bridgehead atoms. The van der Waals surface area contributed by atoms with Crippen LogP contribution < -0.4 is 0 Å². The van der Waals surface area contributed by atoms with Gasteiger partial charge in [-0.3, -0.25) is 9.80 Å². The van der Waals surface area contributed by atoms with Crippen molar-refractivity contribution in [3.05, 3.63) is 0 Å². The van der Waals surface area contributed by atoms with Crippen LogP contribution in [0.3, 0.4) is 0 Å². The van der Waals surface area contributed by atoms with Crippen LogP contribution in [0.1, 0.15) is 52.4 Å². The molecule has 3 fully saturated rings. The highest BCUT2D eigenvalue weighted by Crippen LogP contribution is 2.37. The summed E-state index contributed by atoms with van der Waals surface area (Å²) in [6, 6.07) is 2.52. The van der Waals surface area contributed by atoms with Crippen LogP contribution in [0.25, 0.3) is 0 Å². The largest absolute Gasteiger partial charge is 0.298 e. The molecule has 2 aliphatic heterocycles. The Balaban J connectivity index is 1.75. The maximum atomic E-state index is 2.95. The normalized spacial score (nSPS) is 40.2. The number of hydrogen-bond acceptors (Lipinski definition) is 3. The minimum atomic E-state index is 0.793. The molecule has 3 aliphatic rings. The standard InChI is InChI=1S/C17H32N2S/c1-13(2)16-12-18-10-5-4-7-14(18)11-19(16)15-8-6-9-17(15)20-3/h13-17H,4-12H2,1-3H3. The molecule has 0 radical (unpaired) electrons. The van der Waals surface area contributed by atoms with Crippen LogP contribution in [0.2, 0.25) is 0 Å². The number of nitrogens with zero attached hydrogens (tertiary/aromatic N) is 2. The van der Waals surface area contributed by atoms with E-state index in [1.54, 1.807) is 0 Å². The fourth-order valence-corrected chi connectivity index (χ4v) is 5.78. The highest BCUT2D eigenvalue weighted by molar-refractivity contribution is 7.99. The SMILES string of the molecule is CSC1CCCC1N1CC2CCCCN2CC1C(C)C. The van der Waals surface area contributed by atoms with Crippen molar-refractivity contribution in [2.24, 2.45) is 5.92 Å². The summed E-state index contributed by atoms with van der Waals surface area (Å²) in [4.78, 5) is 5.76. The van der Waals surface area contributed by atoms with E-state index in [0.29, 0.717) is 0 Å². The van der Waals surface area contributed by atoms with Crippen molar-refractivity contribution in [3.63, 3.8) is 0 Å². The lowest BCUT2D eigenvalue weighted by atomic mass is 9.90. The molecule has 1 aliphatic carbocycles. The maximum Gasteiger partial charge on any atom is 0.0250 e. The van der Waals surface area contributed by atoms with Crippen molar-refractivity contribution in [2.75, 3.05) is 25.9 Å². The van der Waals surface area contributed by atoms with E-state index in [4.69, 9.17) is 0 Å². The molecule has 3 rings (SSSR count). The monoisotopic (exact) mass is 296 g/mol. The van der Waals surface area contributed by atoms with Crippen molar-refractivity contribution >= 4 is 11.8 Å². The number of fused-ring (bicyclic) bond motifs is 1. The fraction of sp³-hybridized carbons (Fsp3) is 1.00. The molecule has 4 atom stereocenters. The van der Waals surface area contributed by atoms with Crippen molar-refractivity contribution < 1.29 is 0 Å². The zero-order valence-corrected chi connectivity index (χ0v) is 14.4. The first-order chi connectivity index (χ1) is 9.70. The Bertz CT molecular complexity index is 320. The molecule has 4 unspecified atom stereocenters. The Morgan fingerprint density at radius 1 is 1.00 bits per heavy atom. The fourth-order valence-electron chi connectivity index (χ4n) is 4.77. The van der Waals surface area contributed by atoms with Gasteiger partial charge in [0.05, 0.1) is 0 Å². The lowest BCUT2D eigenvalue weighted by Gasteiger charge is -2.52. The predicted molar refractivity (Wildman–Crippen MR) is 89.5 cm³/mol. The van der Waals surface area contributed by atoms with Crippen molar-refractivity contribution in [1.82, 2.24) is 9.80 Å². The quantitative estimate of drug-likeness (QED) is 0.787. The summed E-state index contributed by atoms with van der Waals surface area (Å²) in [5.41, 5.74) is 0. The van der Waals surface area contributed by atoms with Crippen LogP contribution in [0.5, 0.6) is 0 Å². The molecule has 3 heteroatoms. The van der Waals surface area contributed by atoms with Crippen LogP contribution in [0.15, 0.2) is 0 Å². The van der Waals surface area contributed by atoms with E-state index in [-0.39, 0.29) is 0 Å². The van der Waals surface area contributed by atoms with Gasteiger partial charge in [0.2, 0.25) is 0 Å². The minimum Gasteiger partial charge on any atom is -0.298 e. The molecule has 0 aromatic carbocycles. The van der Waals surface area contributed by atoms with E-state index in [9.17, 15) is 0 Å². The molecule has 116 valence electrons. The van der Waals surface area contributed by atoms with Gasteiger partial charge in [0.1, 0.15) is 0 Å². The van der Waals surface area contributed by atoms with Gasteiger partial charge in [0.25, 0.3) is 0 Å². The molecular formula is C17H32N2S. The number of piperazine rings is 1. The number of rotatable bonds is 3. The second-order valence-electron chi connectivity index (χ2n) is 7.43. The summed E-state index contributed by atoms with van der Waals surface area (Å²) in [5, 5.41) is 0.895. The first kappa shape index (κ1) is 15.2. The number of hydrogen-bond donors (Lipinski definition) is 0. The Morgan fingerprint density at radius 3 is 2.60 bits per heavy atom. The Morgan fingerprint density at radius 2 is 1.85 bits per heavy atom. The van der Waals surface area contributed by atoms with Crippen molar-refractivity contribution in [3.8, 4) is 0 Å². The van der Waals surface area contributed by atoms with Gasteiger partial charge in [-0.1, -0.05) is 26.7 Å². The van der Waals surface area contributed by atoms with Crippen molar-refractivity contribution in [2.45, 2.75) is 75.7 Å². The van der Waals surface area contributed by atoms with Gasteiger partial charge in [-0.05, 0) is 44.4 Å². The summed E-state index contributed by atoms with van der Waals surface area (Å²) in [7, 11) is 0. The van der Waals surface area contributed by atoms with Crippen LogP contribution in [-0.4, -0.2) is 59.1 Å². The Kier molecular flexibility index (Phi) is 4.99. The average molecular weight is 297 g/mol. The molecule has 0 amide bonds. The van der Waals surface area contributed by atoms with Gasteiger partial charge in [-0.15, -0.1) is 0 Å². The third-order valence-electron chi connectivity index (χ3n) is 5.93. The van der Waals surface area contributed by atoms with Crippen LogP contribution in [-0.2, 0) is 0 Å². The molecule has 2 heterocycles. The summed E-state index contributed by atoms with van der Waals surface area (Å²) < 4.78 is 0. The van der Waals surface area contributed by atoms with Gasteiger partial charge in [0, 0.05) is 36.5 Å². The minimum absolute atomic E-state index is 0.793. The topological polar surface area (TPSA) is 6.48 Å². The first-order valence-electron chi connectivity index (χ1n) is 8.73. The van der Waals surface area contributed by atoms with Gasteiger partial charge in [0.15, 0.2) is 0 Å². The maximum absolute atomic E-state index is 2.95. The molecule has 1 saturated carbocycles. The Hall–Kier alpha value is 0.270. The molecule has 0 aromatic heterocycles. The smallest absolute Gasteiger partial charge is 0.0250 e. The number of thioether (sulfide) groups is 1. The molecule has 0 aromatic rings. The first-order valence-corrected chi connectivity index (χ1v) is 10.0. The van der Waals surface area contributed by atoms with Crippen LogP contribution in [0, 0.1) is 5.92 Å². The zero-order valence-electron chi connectivity index (χ0n) is 13.6. The molecular weight excluding hydrogens is 264 g/mol. The third-order valence-corrected chi connectivity index (χ3v) is 7.09. The van der Waals surface area contributed by atoms with Gasteiger partial charge < -0.3 is 0 Å². The van der Waals surface area contributed by atoms with E-state index in [1.807, 2.05) is 0 Å². The summed E-state index contributed by atoms with van der Waals surface area (Å²) in [6.07, 6.45) is 11.0. The average Bonchev–Trinajstić information content (AvgIpc) is 2.94. The van der Waals surface area contributed by atoms with Crippen molar-refractivity contribution in [1.29, 1.82) is 0 Å². The van der Waals surface area contributed by atoms with E-state index in [0.717, 1.165) is 29.3 Å². The zero-order chi connectivity index (χ0) is 14.1. The van der Waals surface area contributed by atoms with Crippen LogP contribution in [0.4, 0.5) is 0 Å². The third kappa shape index (κ3) is 2.91. The molecule has 0 spiro atoms. The molecule has 0 N–H and O–H groups in total. The summed E-state index contributed by atoms with van der Waals surface area (Å²) in [5.74, 6) is 0.793. The summed E-state index contributed by atoms with van der Waals surface area (Å²) >= 11 is 2.12. The highest BCUT2D eigenvalue weighted by Gasteiger charge is 2.42. The Labute approximate surface area is 129 Å². The van der Waals surface area contributed by atoms with Gasteiger partial charge >= 0.3 is 0 Å². The molecule has 20 heavy (non-hydrogen) atoms. The van der Waals surface area contributed by atoms with E-state index in [2.05, 4.69) is 41.7 Å². The second-order valence-corrected chi connectivity index (χ2v) is 8.50. The lowest BCUT2D eigenvalue weighted by molar-refractivity contribution is -0.0276. The van der Waals surface area contributed by atoms with Gasteiger partial charge in [-0.25, -0.2) is 0 Å². The second kappa shape index (κ2) is 6.58. The molecule has 2 saturated heterocycles. The van der Waals surface area contributed by atoms with E-state index in [1.165, 1.54) is 58.2 Å². The lowest BCUT2D eigenvalue weighted by Crippen LogP contribution is -2.64. The highest BCUT2D eigenvalue weighted by atomic mass is 32.2.